The molecule has 9 heteroatoms. The number of nitrogens with one attached hydrogen (secondary N) is 2. The molecular formula is C29H34N4O5. The highest BCUT2D eigenvalue weighted by atomic mass is 16.5. The number of carbonyl (C=O) groups excluding carboxylic acids is 1. The van der Waals surface area contributed by atoms with Gasteiger partial charge in [-0.3, -0.25) is 14.2 Å². The number of para-hydroxylation sites is 1. The quantitative estimate of drug-likeness (QED) is 0.315. The van der Waals surface area contributed by atoms with Crippen LogP contribution in [0.2, 0.25) is 0 Å². The van der Waals surface area contributed by atoms with E-state index in [-0.39, 0.29) is 18.6 Å². The van der Waals surface area contributed by atoms with Gasteiger partial charge in [-0.15, -0.1) is 0 Å². The monoisotopic (exact) mass is 518 g/mol. The zero-order chi connectivity index (χ0) is 26.5. The van der Waals surface area contributed by atoms with Crippen LogP contribution in [-0.2, 0) is 32.7 Å². The number of carbonyl (C=O) groups is 2. The molecule has 0 bridgehead atoms. The summed E-state index contributed by atoms with van der Waals surface area (Å²) in [5.74, 6) is -0.546. The van der Waals surface area contributed by atoms with Crippen molar-refractivity contribution in [1.82, 2.24) is 14.9 Å². The fourth-order valence-corrected chi connectivity index (χ4v) is 5.17. The number of rotatable bonds is 12. The van der Waals surface area contributed by atoms with E-state index < -0.39 is 23.5 Å². The number of benzene rings is 1. The number of carboxylic acid groups (broad SMARTS) is 1. The Morgan fingerprint density at radius 1 is 1.11 bits per heavy atom. The van der Waals surface area contributed by atoms with E-state index in [4.69, 9.17) is 9.72 Å². The van der Waals surface area contributed by atoms with E-state index in [1.165, 1.54) is 16.2 Å². The first-order valence-electron chi connectivity index (χ1n) is 13.4. The highest BCUT2D eigenvalue weighted by Crippen LogP contribution is 2.44. The number of ether oxygens (including phenoxy) is 1. The lowest BCUT2D eigenvalue weighted by Gasteiger charge is -2.23. The lowest BCUT2D eigenvalue weighted by molar-refractivity contribution is -0.143. The maximum absolute atomic E-state index is 13.3. The zero-order valence-corrected chi connectivity index (χ0v) is 21.4. The van der Waals surface area contributed by atoms with Crippen LogP contribution < -0.4 is 16.2 Å². The summed E-state index contributed by atoms with van der Waals surface area (Å²) in [5, 5.41) is 16.6. The first-order chi connectivity index (χ1) is 18.5. The number of hydrogen-bond donors (Lipinski definition) is 3. The Morgan fingerprint density at radius 3 is 2.76 bits per heavy atom. The van der Waals surface area contributed by atoms with Crippen molar-refractivity contribution >= 4 is 28.6 Å². The predicted octanol–water partition coefficient (Wildman–Crippen LogP) is 3.24. The summed E-state index contributed by atoms with van der Waals surface area (Å²) in [4.78, 5) is 42.6. The van der Waals surface area contributed by atoms with Gasteiger partial charge in [0.15, 0.2) is 0 Å². The first kappa shape index (κ1) is 25.9. The van der Waals surface area contributed by atoms with Gasteiger partial charge in [-0.2, -0.15) is 0 Å². The number of amides is 1. The second kappa shape index (κ2) is 11.3. The zero-order valence-electron chi connectivity index (χ0n) is 21.4. The molecule has 2 aliphatic rings. The van der Waals surface area contributed by atoms with Crippen molar-refractivity contribution in [2.45, 2.75) is 62.9 Å². The van der Waals surface area contributed by atoms with Gasteiger partial charge < -0.3 is 20.5 Å². The molecule has 1 amide bonds. The number of fused-ring (bicyclic) bond motifs is 2. The molecule has 1 saturated carbocycles. The highest BCUT2D eigenvalue weighted by molar-refractivity contribution is 5.93. The molecule has 1 fully saturated rings. The number of unbranched alkanes of at least 4 members (excludes halogenated alkanes) is 1. The summed E-state index contributed by atoms with van der Waals surface area (Å²) in [7, 11) is 0. The molecule has 1 aliphatic carbocycles. The second-order valence-electron chi connectivity index (χ2n) is 10.2. The van der Waals surface area contributed by atoms with Crippen LogP contribution in [0.4, 0.5) is 5.82 Å². The summed E-state index contributed by atoms with van der Waals surface area (Å²) >= 11 is 0. The number of pyridine rings is 2. The van der Waals surface area contributed by atoms with Crippen molar-refractivity contribution in [3.05, 3.63) is 70.1 Å². The van der Waals surface area contributed by atoms with Crippen molar-refractivity contribution < 1.29 is 19.4 Å². The Bertz CT molecular complexity index is 1380. The van der Waals surface area contributed by atoms with Crippen LogP contribution in [0.3, 0.4) is 0 Å². The van der Waals surface area contributed by atoms with Crippen molar-refractivity contribution in [3.8, 4) is 0 Å². The molecule has 9 nitrogen and oxygen atoms in total. The smallest absolute Gasteiger partial charge is 0.326 e. The number of aryl methyl sites for hydroxylation is 2. The van der Waals surface area contributed by atoms with Crippen LogP contribution in [-0.4, -0.2) is 52.3 Å². The molecule has 5 rings (SSSR count). The SMILES string of the molecule is O=C(O)C(CCOCCCCc1ccc2c(n1)NCCC2)NC(=O)C1(n2c(=O)ccc3ccccc32)CC1. The third-order valence-corrected chi connectivity index (χ3v) is 7.46. The fourth-order valence-electron chi connectivity index (χ4n) is 5.17. The largest absolute Gasteiger partial charge is 0.480 e. The Hall–Kier alpha value is -3.72. The van der Waals surface area contributed by atoms with Crippen LogP contribution >= 0.6 is 0 Å². The van der Waals surface area contributed by atoms with E-state index in [0.717, 1.165) is 55.5 Å². The van der Waals surface area contributed by atoms with Crippen molar-refractivity contribution in [1.29, 1.82) is 0 Å². The normalized spacial score (nSPS) is 16.3. The van der Waals surface area contributed by atoms with Gasteiger partial charge in [-0.05, 0) is 74.1 Å². The molecule has 3 N–H and O–H groups in total. The summed E-state index contributed by atoms with van der Waals surface area (Å²) in [6, 6.07) is 13.7. The highest BCUT2D eigenvalue weighted by Gasteiger charge is 2.53. The summed E-state index contributed by atoms with van der Waals surface area (Å²) in [5.41, 5.74) is 1.69. The molecule has 1 unspecified atom stereocenters. The van der Waals surface area contributed by atoms with Crippen LogP contribution in [0, 0.1) is 0 Å². The van der Waals surface area contributed by atoms with E-state index in [2.05, 4.69) is 22.8 Å². The maximum Gasteiger partial charge on any atom is 0.326 e. The molecule has 1 aromatic carbocycles. The van der Waals surface area contributed by atoms with Crippen molar-refractivity contribution in [2.75, 3.05) is 25.1 Å². The van der Waals surface area contributed by atoms with Crippen LogP contribution in [0.1, 0.15) is 49.8 Å². The molecule has 0 saturated heterocycles. The van der Waals surface area contributed by atoms with Gasteiger partial charge >= 0.3 is 5.97 Å². The van der Waals surface area contributed by atoms with E-state index in [1.54, 1.807) is 6.07 Å². The van der Waals surface area contributed by atoms with E-state index in [0.29, 0.717) is 25.0 Å². The predicted molar refractivity (Wildman–Crippen MR) is 144 cm³/mol. The number of nitrogens with zero attached hydrogens (tertiary/aromatic N) is 2. The molecule has 0 radical (unpaired) electrons. The third kappa shape index (κ3) is 5.57. The van der Waals surface area contributed by atoms with Crippen LogP contribution in [0.5, 0.6) is 0 Å². The Morgan fingerprint density at radius 2 is 1.95 bits per heavy atom. The van der Waals surface area contributed by atoms with Crippen molar-refractivity contribution in [2.24, 2.45) is 0 Å². The molecule has 2 aromatic heterocycles. The molecule has 1 aliphatic heterocycles. The van der Waals surface area contributed by atoms with Gasteiger partial charge in [0.2, 0.25) is 5.91 Å². The minimum atomic E-state index is -1.12. The molecule has 3 aromatic rings. The Kier molecular flexibility index (Phi) is 7.74. The Balaban J connectivity index is 1.09. The Labute approximate surface area is 221 Å². The summed E-state index contributed by atoms with van der Waals surface area (Å²) in [6.07, 6.45) is 5.97. The molecule has 0 spiro atoms. The number of aliphatic carboxylic acids is 1. The van der Waals surface area contributed by atoms with Gasteiger partial charge in [0.1, 0.15) is 17.4 Å². The summed E-state index contributed by atoms with van der Waals surface area (Å²) < 4.78 is 7.20. The maximum atomic E-state index is 13.3. The fraction of sp³-hybridized carbons (Fsp3) is 0.448. The molecule has 200 valence electrons. The number of aromatic nitrogens is 2. The summed E-state index contributed by atoms with van der Waals surface area (Å²) in [6.45, 7) is 1.70. The van der Waals surface area contributed by atoms with Gasteiger partial charge in [0.05, 0.1) is 5.52 Å². The minimum Gasteiger partial charge on any atom is -0.480 e. The number of anilines is 1. The molecule has 38 heavy (non-hydrogen) atoms. The third-order valence-electron chi connectivity index (χ3n) is 7.46. The average molecular weight is 519 g/mol. The van der Waals surface area contributed by atoms with Crippen LogP contribution in [0.15, 0.2) is 53.3 Å². The minimum absolute atomic E-state index is 0.152. The lowest BCUT2D eigenvalue weighted by atomic mass is 10.1. The van der Waals surface area contributed by atoms with E-state index >= 15 is 0 Å². The average Bonchev–Trinajstić information content (AvgIpc) is 3.73. The molecular weight excluding hydrogens is 484 g/mol. The second-order valence-corrected chi connectivity index (χ2v) is 10.2. The van der Waals surface area contributed by atoms with Gasteiger partial charge in [-0.25, -0.2) is 9.78 Å². The number of hydrogen-bond acceptors (Lipinski definition) is 6. The molecule has 3 heterocycles. The first-order valence-corrected chi connectivity index (χ1v) is 13.4. The van der Waals surface area contributed by atoms with Gasteiger partial charge in [-0.1, -0.05) is 24.3 Å². The van der Waals surface area contributed by atoms with E-state index in [1.807, 2.05) is 24.3 Å². The molecule has 1 atom stereocenters. The van der Waals surface area contributed by atoms with Crippen molar-refractivity contribution in [3.63, 3.8) is 0 Å². The van der Waals surface area contributed by atoms with Gasteiger partial charge in [0, 0.05) is 37.9 Å². The van der Waals surface area contributed by atoms with Crippen LogP contribution in [0.25, 0.3) is 10.9 Å². The van der Waals surface area contributed by atoms with E-state index in [9.17, 15) is 19.5 Å². The number of carboxylic acids is 1. The lowest BCUT2D eigenvalue weighted by Crippen LogP contribution is -2.49. The standard InChI is InChI=1S/C29H34N4O5/c34-25-13-11-20-6-1-2-9-24(20)33(25)29(15-16-29)28(37)32-23(27(35)36)14-19-38-18-4-3-8-22-12-10-21-7-5-17-30-26(21)31-22/h1-2,6,9-13,23H,3-5,7-8,14-19H2,(H,30,31)(H,32,37)(H,35,36). The van der Waals surface area contributed by atoms with Gasteiger partial charge in [0.25, 0.3) is 5.56 Å². The topological polar surface area (TPSA) is 123 Å².